The zero-order valence-corrected chi connectivity index (χ0v) is 7.74. The molecule has 0 atom stereocenters. The van der Waals surface area contributed by atoms with Gasteiger partial charge in [0.25, 0.3) is 0 Å². The van der Waals surface area contributed by atoms with Gasteiger partial charge in [0.1, 0.15) is 17.3 Å². The van der Waals surface area contributed by atoms with Crippen LogP contribution < -0.4 is 4.74 Å². The average molecular weight is 202 g/mol. The van der Waals surface area contributed by atoms with E-state index in [4.69, 9.17) is 9.84 Å². The zero-order valence-electron chi connectivity index (χ0n) is 6.84. The Labute approximate surface area is 77.7 Å². The second-order valence-corrected chi connectivity index (χ2v) is 3.29. The van der Waals surface area contributed by atoms with Gasteiger partial charge < -0.3 is 9.84 Å². The maximum atomic E-state index is 10.7. The van der Waals surface area contributed by atoms with Crippen LogP contribution in [0.15, 0.2) is 29.2 Å². The number of hydrogen-bond acceptors (Lipinski definition) is 4. The van der Waals surface area contributed by atoms with E-state index in [1.807, 2.05) is 0 Å². The first-order valence-electron chi connectivity index (χ1n) is 3.73. The van der Waals surface area contributed by atoms with Crippen LogP contribution in [0.25, 0.3) is 0 Å². The molecule has 0 aliphatic rings. The third kappa shape index (κ3) is 2.71. The SMILES string of the molecule is O=[SH](=O)c1ccccc1OCCO. The van der Waals surface area contributed by atoms with Crippen LogP contribution in [0.4, 0.5) is 0 Å². The molecule has 13 heavy (non-hydrogen) atoms. The lowest BCUT2D eigenvalue weighted by Gasteiger charge is -2.05. The summed E-state index contributed by atoms with van der Waals surface area (Å²) in [6.45, 7) is -0.0375. The first kappa shape index (κ1) is 10.0. The summed E-state index contributed by atoms with van der Waals surface area (Å²) in [7, 11) is -2.64. The van der Waals surface area contributed by atoms with E-state index in [2.05, 4.69) is 0 Å². The average Bonchev–Trinajstić information content (AvgIpc) is 2.15. The van der Waals surface area contributed by atoms with Crippen molar-refractivity contribution in [1.82, 2.24) is 0 Å². The predicted octanol–water partition coefficient (Wildman–Crippen LogP) is 0.0280. The molecule has 1 aromatic carbocycles. The lowest BCUT2D eigenvalue weighted by atomic mass is 10.3. The molecule has 1 N–H and O–H groups in total. The van der Waals surface area contributed by atoms with Crippen molar-refractivity contribution in [2.24, 2.45) is 0 Å². The fourth-order valence-corrected chi connectivity index (χ4v) is 1.41. The minimum Gasteiger partial charge on any atom is -0.490 e. The van der Waals surface area contributed by atoms with E-state index in [1.165, 1.54) is 6.07 Å². The van der Waals surface area contributed by atoms with Crippen LogP contribution in [0.2, 0.25) is 0 Å². The van der Waals surface area contributed by atoms with Gasteiger partial charge in [0, 0.05) is 0 Å². The second kappa shape index (κ2) is 4.84. The van der Waals surface area contributed by atoms with E-state index in [-0.39, 0.29) is 23.9 Å². The molecule has 0 radical (unpaired) electrons. The van der Waals surface area contributed by atoms with Gasteiger partial charge in [-0.2, -0.15) is 0 Å². The summed E-state index contributed by atoms with van der Waals surface area (Å²) in [6, 6.07) is 6.30. The van der Waals surface area contributed by atoms with E-state index in [1.54, 1.807) is 18.2 Å². The van der Waals surface area contributed by atoms with Gasteiger partial charge >= 0.3 is 0 Å². The summed E-state index contributed by atoms with van der Waals surface area (Å²) in [5, 5.41) is 8.48. The quantitative estimate of drug-likeness (QED) is 0.676. The Kier molecular flexibility index (Phi) is 3.72. The Morgan fingerprint density at radius 2 is 2.00 bits per heavy atom. The zero-order chi connectivity index (χ0) is 9.68. The number of aliphatic hydroxyl groups is 1. The lowest BCUT2D eigenvalue weighted by molar-refractivity contribution is 0.198. The molecule has 1 aromatic rings. The molecule has 0 aliphatic carbocycles. The van der Waals surface area contributed by atoms with E-state index in [9.17, 15) is 8.42 Å². The predicted molar refractivity (Wildman–Crippen MR) is 47.6 cm³/mol. The van der Waals surface area contributed by atoms with Gasteiger partial charge in [-0.3, -0.25) is 0 Å². The van der Waals surface area contributed by atoms with Crippen LogP contribution in [0, 0.1) is 0 Å². The van der Waals surface area contributed by atoms with Crippen molar-refractivity contribution in [3.05, 3.63) is 24.3 Å². The van der Waals surface area contributed by atoms with E-state index in [0.29, 0.717) is 0 Å². The van der Waals surface area contributed by atoms with Crippen LogP contribution in [0.5, 0.6) is 5.75 Å². The molecule has 0 saturated carbocycles. The third-order valence-corrected chi connectivity index (χ3v) is 2.17. The van der Waals surface area contributed by atoms with Crippen molar-refractivity contribution in [1.29, 1.82) is 0 Å². The summed E-state index contributed by atoms with van der Waals surface area (Å²) in [5.41, 5.74) is 0. The molecule has 5 heteroatoms. The van der Waals surface area contributed by atoms with Crippen molar-refractivity contribution < 1.29 is 18.3 Å². The van der Waals surface area contributed by atoms with E-state index < -0.39 is 10.7 Å². The number of ether oxygens (including phenoxy) is 1. The molecule has 1 rings (SSSR count). The highest BCUT2D eigenvalue weighted by Crippen LogP contribution is 2.18. The van der Waals surface area contributed by atoms with Gasteiger partial charge in [-0.25, -0.2) is 8.42 Å². The maximum Gasteiger partial charge on any atom is 0.171 e. The van der Waals surface area contributed by atoms with Gasteiger partial charge in [-0.1, -0.05) is 12.1 Å². The Hall–Kier alpha value is -1.07. The molecule has 0 spiro atoms. The topological polar surface area (TPSA) is 63.6 Å². The highest BCUT2D eigenvalue weighted by molar-refractivity contribution is 7.72. The molecule has 0 heterocycles. The van der Waals surface area contributed by atoms with Crippen molar-refractivity contribution in [3.63, 3.8) is 0 Å². The Bertz CT molecular complexity index is 338. The smallest absolute Gasteiger partial charge is 0.171 e. The van der Waals surface area contributed by atoms with Gasteiger partial charge in [-0.05, 0) is 12.1 Å². The summed E-state index contributed by atoms with van der Waals surface area (Å²) in [4.78, 5) is 0.144. The number of para-hydroxylation sites is 1. The minimum absolute atomic E-state index is 0.0974. The molecule has 0 bridgehead atoms. The molecule has 4 nitrogen and oxygen atoms in total. The largest absolute Gasteiger partial charge is 0.490 e. The lowest BCUT2D eigenvalue weighted by Crippen LogP contribution is -2.03. The Morgan fingerprint density at radius 1 is 1.31 bits per heavy atom. The maximum absolute atomic E-state index is 10.7. The van der Waals surface area contributed by atoms with Crippen LogP contribution in [-0.2, 0) is 10.7 Å². The number of benzene rings is 1. The van der Waals surface area contributed by atoms with Crippen LogP contribution in [0.1, 0.15) is 0 Å². The number of rotatable bonds is 4. The van der Waals surface area contributed by atoms with E-state index >= 15 is 0 Å². The molecular weight excluding hydrogens is 192 g/mol. The first-order valence-corrected chi connectivity index (χ1v) is 4.90. The summed E-state index contributed by atoms with van der Waals surface area (Å²) < 4.78 is 26.4. The van der Waals surface area contributed by atoms with Gasteiger partial charge in [0.2, 0.25) is 0 Å². The summed E-state index contributed by atoms with van der Waals surface area (Å²) in [6.07, 6.45) is 0. The van der Waals surface area contributed by atoms with Gasteiger partial charge in [0.15, 0.2) is 10.7 Å². The first-order chi connectivity index (χ1) is 6.25. The monoisotopic (exact) mass is 202 g/mol. The molecule has 0 saturated heterocycles. The Morgan fingerprint density at radius 3 is 2.62 bits per heavy atom. The van der Waals surface area contributed by atoms with Crippen molar-refractivity contribution >= 4 is 10.7 Å². The Balaban J connectivity index is 2.91. The summed E-state index contributed by atoms with van der Waals surface area (Å²) in [5.74, 6) is 0.285. The van der Waals surface area contributed by atoms with Crippen LogP contribution in [-0.4, -0.2) is 26.7 Å². The molecule has 0 fully saturated rings. The third-order valence-electron chi connectivity index (χ3n) is 1.41. The van der Waals surface area contributed by atoms with Crippen LogP contribution >= 0.6 is 0 Å². The van der Waals surface area contributed by atoms with E-state index in [0.717, 1.165) is 0 Å². The number of aliphatic hydroxyl groups excluding tert-OH is 1. The molecule has 0 amide bonds. The minimum atomic E-state index is -2.64. The van der Waals surface area contributed by atoms with Crippen molar-refractivity contribution in [2.45, 2.75) is 4.90 Å². The fraction of sp³-hybridized carbons (Fsp3) is 0.250. The summed E-state index contributed by atoms with van der Waals surface area (Å²) >= 11 is 0. The second-order valence-electron chi connectivity index (χ2n) is 2.30. The highest BCUT2D eigenvalue weighted by atomic mass is 32.2. The molecule has 0 unspecified atom stereocenters. The fourth-order valence-electron chi connectivity index (χ4n) is 0.886. The normalized spacial score (nSPS) is 10.3. The molecule has 72 valence electrons. The highest BCUT2D eigenvalue weighted by Gasteiger charge is 2.03. The standard InChI is InChI=1S/C8H10O4S/c9-5-6-12-7-3-1-2-4-8(7)13(10)11/h1-4,9,13H,5-6H2. The van der Waals surface area contributed by atoms with Crippen LogP contribution in [0.3, 0.4) is 0 Å². The molecule has 0 aromatic heterocycles. The van der Waals surface area contributed by atoms with Crippen molar-refractivity contribution in [2.75, 3.05) is 13.2 Å². The number of thiol groups is 1. The van der Waals surface area contributed by atoms with Crippen molar-refractivity contribution in [3.8, 4) is 5.75 Å². The van der Waals surface area contributed by atoms with Gasteiger partial charge in [0.05, 0.1) is 6.61 Å². The molecule has 0 aliphatic heterocycles. The number of hydrogen-bond donors (Lipinski definition) is 2. The molecular formula is C8H10O4S. The van der Waals surface area contributed by atoms with Gasteiger partial charge in [-0.15, -0.1) is 0 Å².